The highest BCUT2D eigenvalue weighted by atomic mass is 14.9. The molecule has 0 spiro atoms. The highest BCUT2D eigenvalue weighted by molar-refractivity contribution is 5.56. The molecule has 0 saturated carbocycles. The quantitative estimate of drug-likeness (QED) is 0.802. The van der Waals surface area contributed by atoms with Gasteiger partial charge in [0.2, 0.25) is 0 Å². The maximum atomic E-state index is 4.84. The van der Waals surface area contributed by atoms with Gasteiger partial charge in [0.05, 0.1) is 5.69 Å². The lowest BCUT2D eigenvalue weighted by molar-refractivity contribution is 0.641. The first-order chi connectivity index (χ1) is 9.25. The minimum Gasteiger partial charge on any atom is -0.233 e. The third-order valence-electron chi connectivity index (χ3n) is 3.79. The maximum Gasteiger partial charge on any atom is 0.159 e. The number of hydrogen-bond acceptors (Lipinski definition) is 2. The zero-order chi connectivity index (χ0) is 13.2. The van der Waals surface area contributed by atoms with Crippen molar-refractivity contribution in [2.45, 2.75) is 45.4 Å². The van der Waals surface area contributed by atoms with Crippen LogP contribution in [0.1, 0.15) is 49.6 Å². The molecule has 0 saturated heterocycles. The van der Waals surface area contributed by atoms with Gasteiger partial charge in [-0.25, -0.2) is 9.97 Å². The van der Waals surface area contributed by atoms with Crippen LogP contribution in [0, 0.1) is 0 Å². The maximum absolute atomic E-state index is 4.84. The molecule has 0 unspecified atom stereocenters. The predicted octanol–water partition coefficient (Wildman–Crippen LogP) is 4.15. The lowest BCUT2D eigenvalue weighted by atomic mass is 9.91. The second-order valence-corrected chi connectivity index (χ2v) is 5.59. The summed E-state index contributed by atoms with van der Waals surface area (Å²) in [5.41, 5.74) is 5.08. The van der Waals surface area contributed by atoms with E-state index in [1.54, 1.807) is 0 Å². The van der Waals surface area contributed by atoms with Crippen LogP contribution in [0.25, 0.3) is 11.4 Å². The molecular formula is C17H20N2. The first-order valence-electron chi connectivity index (χ1n) is 7.21. The predicted molar refractivity (Wildman–Crippen MR) is 78.2 cm³/mol. The van der Waals surface area contributed by atoms with Crippen molar-refractivity contribution in [1.82, 2.24) is 9.97 Å². The van der Waals surface area contributed by atoms with E-state index in [9.17, 15) is 0 Å². The summed E-state index contributed by atoms with van der Waals surface area (Å²) in [7, 11) is 0. The molecule has 2 heteroatoms. The monoisotopic (exact) mass is 252 g/mol. The molecule has 2 nitrogen and oxygen atoms in total. The molecule has 1 heterocycles. The molecule has 98 valence electrons. The largest absolute Gasteiger partial charge is 0.233 e. The SMILES string of the molecule is CC(C)c1nc(-c2ccccc2)nc2c1CCCC2. The number of rotatable bonds is 2. The second-order valence-electron chi connectivity index (χ2n) is 5.59. The van der Waals surface area contributed by atoms with Crippen molar-refractivity contribution >= 4 is 0 Å². The van der Waals surface area contributed by atoms with Gasteiger partial charge in [-0.05, 0) is 37.2 Å². The van der Waals surface area contributed by atoms with Gasteiger partial charge >= 0.3 is 0 Å². The Labute approximate surface area is 114 Å². The molecule has 0 aliphatic heterocycles. The fraction of sp³-hybridized carbons (Fsp3) is 0.412. The Bertz CT molecular complexity index is 573. The molecule has 0 atom stereocenters. The Balaban J connectivity index is 2.14. The van der Waals surface area contributed by atoms with Gasteiger partial charge in [-0.2, -0.15) is 0 Å². The van der Waals surface area contributed by atoms with Crippen LogP contribution in [0.4, 0.5) is 0 Å². The molecule has 0 radical (unpaired) electrons. The molecule has 1 aliphatic rings. The zero-order valence-corrected chi connectivity index (χ0v) is 11.7. The number of hydrogen-bond donors (Lipinski definition) is 0. The van der Waals surface area contributed by atoms with Crippen LogP contribution in [0.3, 0.4) is 0 Å². The molecule has 2 aromatic rings. The number of nitrogens with zero attached hydrogens (tertiary/aromatic N) is 2. The van der Waals surface area contributed by atoms with Gasteiger partial charge in [-0.1, -0.05) is 44.2 Å². The Kier molecular flexibility index (Phi) is 3.33. The second kappa shape index (κ2) is 5.12. The molecule has 0 amide bonds. The lowest BCUT2D eigenvalue weighted by Gasteiger charge is -2.21. The Hall–Kier alpha value is -1.70. The number of aromatic nitrogens is 2. The third-order valence-corrected chi connectivity index (χ3v) is 3.79. The normalized spacial score (nSPS) is 14.5. The molecule has 1 aromatic carbocycles. The molecule has 0 N–H and O–H groups in total. The van der Waals surface area contributed by atoms with Crippen LogP contribution < -0.4 is 0 Å². The summed E-state index contributed by atoms with van der Waals surface area (Å²) in [6, 6.07) is 10.3. The molecule has 1 aromatic heterocycles. The standard InChI is InChI=1S/C17H20N2/c1-12(2)16-14-10-6-7-11-15(14)18-17(19-16)13-8-4-3-5-9-13/h3-5,8-9,12H,6-7,10-11H2,1-2H3. The van der Waals surface area contributed by atoms with Crippen molar-refractivity contribution < 1.29 is 0 Å². The Morgan fingerprint density at radius 3 is 2.42 bits per heavy atom. The van der Waals surface area contributed by atoms with E-state index in [0.717, 1.165) is 24.2 Å². The van der Waals surface area contributed by atoms with Crippen LogP contribution in [0.15, 0.2) is 30.3 Å². The first-order valence-corrected chi connectivity index (χ1v) is 7.21. The Morgan fingerprint density at radius 2 is 1.68 bits per heavy atom. The van der Waals surface area contributed by atoms with Gasteiger partial charge in [0, 0.05) is 11.3 Å². The van der Waals surface area contributed by atoms with E-state index in [2.05, 4.69) is 26.0 Å². The Morgan fingerprint density at radius 1 is 0.947 bits per heavy atom. The highest BCUT2D eigenvalue weighted by Gasteiger charge is 2.19. The summed E-state index contributed by atoms with van der Waals surface area (Å²) in [5.74, 6) is 1.36. The van der Waals surface area contributed by atoms with Crippen LogP contribution >= 0.6 is 0 Å². The van der Waals surface area contributed by atoms with E-state index >= 15 is 0 Å². The summed E-state index contributed by atoms with van der Waals surface area (Å²) in [5, 5.41) is 0. The minimum absolute atomic E-state index is 0.470. The number of aryl methyl sites for hydroxylation is 1. The van der Waals surface area contributed by atoms with Gasteiger partial charge in [0.15, 0.2) is 5.82 Å². The van der Waals surface area contributed by atoms with Gasteiger partial charge in [-0.15, -0.1) is 0 Å². The fourth-order valence-electron chi connectivity index (χ4n) is 2.82. The lowest BCUT2D eigenvalue weighted by Crippen LogP contribution is -2.13. The van der Waals surface area contributed by atoms with Gasteiger partial charge in [0.25, 0.3) is 0 Å². The van der Waals surface area contributed by atoms with Gasteiger partial charge in [0.1, 0.15) is 0 Å². The molecule has 19 heavy (non-hydrogen) atoms. The average molecular weight is 252 g/mol. The molecule has 3 rings (SSSR count). The van der Waals surface area contributed by atoms with Crippen molar-refractivity contribution in [3.63, 3.8) is 0 Å². The smallest absolute Gasteiger partial charge is 0.159 e. The summed E-state index contributed by atoms with van der Waals surface area (Å²) in [6.45, 7) is 4.46. The van der Waals surface area contributed by atoms with E-state index in [4.69, 9.17) is 9.97 Å². The first kappa shape index (κ1) is 12.3. The van der Waals surface area contributed by atoms with E-state index in [-0.39, 0.29) is 0 Å². The molecular weight excluding hydrogens is 232 g/mol. The van der Waals surface area contributed by atoms with Crippen LogP contribution in [0.5, 0.6) is 0 Å². The topological polar surface area (TPSA) is 25.8 Å². The van der Waals surface area contributed by atoms with Crippen molar-refractivity contribution in [1.29, 1.82) is 0 Å². The van der Waals surface area contributed by atoms with Crippen LogP contribution in [-0.4, -0.2) is 9.97 Å². The average Bonchev–Trinajstić information content (AvgIpc) is 2.47. The summed E-state index contributed by atoms with van der Waals surface area (Å²) in [4.78, 5) is 9.66. The van der Waals surface area contributed by atoms with E-state index in [1.165, 1.54) is 29.8 Å². The van der Waals surface area contributed by atoms with Crippen molar-refractivity contribution in [3.8, 4) is 11.4 Å². The van der Waals surface area contributed by atoms with Gasteiger partial charge < -0.3 is 0 Å². The minimum atomic E-state index is 0.470. The molecule has 0 fully saturated rings. The van der Waals surface area contributed by atoms with Crippen molar-refractivity contribution in [2.24, 2.45) is 0 Å². The van der Waals surface area contributed by atoms with Crippen molar-refractivity contribution in [2.75, 3.05) is 0 Å². The fourth-order valence-corrected chi connectivity index (χ4v) is 2.82. The molecule has 1 aliphatic carbocycles. The van der Waals surface area contributed by atoms with Crippen LogP contribution in [0.2, 0.25) is 0 Å². The van der Waals surface area contributed by atoms with Crippen molar-refractivity contribution in [3.05, 3.63) is 47.3 Å². The highest BCUT2D eigenvalue weighted by Crippen LogP contribution is 2.29. The van der Waals surface area contributed by atoms with E-state index in [0.29, 0.717) is 5.92 Å². The van der Waals surface area contributed by atoms with Crippen LogP contribution in [-0.2, 0) is 12.8 Å². The number of benzene rings is 1. The summed E-state index contributed by atoms with van der Waals surface area (Å²) < 4.78 is 0. The summed E-state index contributed by atoms with van der Waals surface area (Å²) >= 11 is 0. The zero-order valence-electron chi connectivity index (χ0n) is 11.7. The summed E-state index contributed by atoms with van der Waals surface area (Å²) in [6.07, 6.45) is 4.80. The van der Waals surface area contributed by atoms with E-state index in [1.807, 2.05) is 18.2 Å². The third kappa shape index (κ3) is 2.40. The van der Waals surface area contributed by atoms with E-state index < -0.39 is 0 Å². The van der Waals surface area contributed by atoms with Gasteiger partial charge in [-0.3, -0.25) is 0 Å². The molecule has 0 bridgehead atoms. The number of fused-ring (bicyclic) bond motifs is 1.